The zero-order chi connectivity index (χ0) is 10.7. The first kappa shape index (κ1) is 10.2. The second-order valence-electron chi connectivity index (χ2n) is 4.04. The Morgan fingerprint density at radius 2 is 2.00 bits per heavy atom. The lowest BCUT2D eigenvalue weighted by Gasteiger charge is -2.29. The smallest absolute Gasteiger partial charge is 0.148 e. The van der Waals surface area contributed by atoms with Gasteiger partial charge >= 0.3 is 0 Å². The fourth-order valence-corrected chi connectivity index (χ4v) is 2.11. The maximum atomic E-state index is 10.3. The van der Waals surface area contributed by atoms with Crippen molar-refractivity contribution in [3.8, 4) is 0 Å². The zero-order valence-electron chi connectivity index (χ0n) is 8.52. The fourth-order valence-electron chi connectivity index (χ4n) is 2.11. The molecule has 2 rings (SSSR count). The first-order valence-electron chi connectivity index (χ1n) is 5.25. The summed E-state index contributed by atoms with van der Waals surface area (Å²) >= 11 is 0. The Hall–Kier alpha value is -1.29. The van der Waals surface area contributed by atoms with Gasteiger partial charge in [0.15, 0.2) is 0 Å². The van der Waals surface area contributed by atoms with Gasteiger partial charge in [-0.05, 0) is 25.0 Å². The van der Waals surface area contributed by atoms with Crippen molar-refractivity contribution in [3.05, 3.63) is 23.7 Å². The minimum Gasteiger partial charge on any atom is -0.457 e. The molecule has 15 heavy (non-hydrogen) atoms. The highest BCUT2D eigenvalue weighted by Crippen LogP contribution is 2.37. The molecule has 0 aliphatic heterocycles. The van der Waals surface area contributed by atoms with Crippen molar-refractivity contribution >= 4 is 6.21 Å². The lowest BCUT2D eigenvalue weighted by molar-refractivity contribution is -0.0199. The molecule has 0 unspecified atom stereocenters. The second kappa shape index (κ2) is 4.06. The summed E-state index contributed by atoms with van der Waals surface area (Å²) in [6.07, 6.45) is 5.94. The summed E-state index contributed by atoms with van der Waals surface area (Å²) in [5, 5.41) is 21.6. The van der Waals surface area contributed by atoms with Crippen molar-refractivity contribution in [2.24, 2.45) is 5.16 Å². The molecule has 1 aromatic heterocycles. The lowest BCUT2D eigenvalue weighted by Crippen LogP contribution is -2.27. The zero-order valence-corrected chi connectivity index (χ0v) is 8.52. The minimum absolute atomic E-state index is 0.464. The van der Waals surface area contributed by atoms with Gasteiger partial charge in [0, 0.05) is 0 Å². The summed E-state index contributed by atoms with van der Waals surface area (Å²) in [5.41, 5.74) is -0.820. The van der Waals surface area contributed by atoms with Crippen molar-refractivity contribution < 1.29 is 14.7 Å². The third-order valence-electron chi connectivity index (χ3n) is 2.95. The quantitative estimate of drug-likeness (QED) is 0.446. The Morgan fingerprint density at radius 3 is 2.67 bits per heavy atom. The van der Waals surface area contributed by atoms with Gasteiger partial charge in [-0.25, -0.2) is 0 Å². The molecule has 4 nitrogen and oxygen atoms in total. The van der Waals surface area contributed by atoms with E-state index in [4.69, 9.17) is 9.62 Å². The van der Waals surface area contributed by atoms with Gasteiger partial charge in [-0.2, -0.15) is 0 Å². The summed E-state index contributed by atoms with van der Waals surface area (Å²) in [6.45, 7) is 0. The van der Waals surface area contributed by atoms with Gasteiger partial charge in [0.2, 0.25) is 0 Å². The molecule has 1 fully saturated rings. The predicted octanol–water partition coefficient (Wildman–Crippen LogP) is 2.24. The molecule has 4 heteroatoms. The van der Waals surface area contributed by atoms with E-state index in [1.165, 1.54) is 12.6 Å². The average molecular weight is 209 g/mol. The second-order valence-corrected chi connectivity index (χ2v) is 4.04. The predicted molar refractivity (Wildman–Crippen MR) is 55.1 cm³/mol. The van der Waals surface area contributed by atoms with E-state index in [9.17, 15) is 5.11 Å². The maximum Gasteiger partial charge on any atom is 0.148 e. The van der Waals surface area contributed by atoms with Crippen LogP contribution in [0.1, 0.15) is 43.6 Å². The Morgan fingerprint density at radius 1 is 1.27 bits per heavy atom. The van der Waals surface area contributed by atoms with Crippen LogP contribution in [0.5, 0.6) is 0 Å². The Bertz CT molecular complexity index is 350. The van der Waals surface area contributed by atoms with E-state index in [1.807, 2.05) is 0 Å². The van der Waals surface area contributed by atoms with Gasteiger partial charge in [0.25, 0.3) is 0 Å². The van der Waals surface area contributed by atoms with Gasteiger partial charge < -0.3 is 14.7 Å². The van der Waals surface area contributed by atoms with Crippen LogP contribution in [-0.4, -0.2) is 16.5 Å². The molecule has 0 atom stereocenters. The van der Waals surface area contributed by atoms with Crippen molar-refractivity contribution in [2.75, 3.05) is 0 Å². The van der Waals surface area contributed by atoms with E-state index in [1.54, 1.807) is 12.1 Å². The highest BCUT2D eigenvalue weighted by Gasteiger charge is 2.34. The Kier molecular flexibility index (Phi) is 2.77. The molecule has 1 saturated carbocycles. The van der Waals surface area contributed by atoms with Crippen LogP contribution < -0.4 is 0 Å². The van der Waals surface area contributed by atoms with Crippen LogP contribution in [0.2, 0.25) is 0 Å². The van der Waals surface area contributed by atoms with E-state index in [-0.39, 0.29) is 0 Å². The first-order chi connectivity index (χ1) is 7.24. The molecule has 0 spiro atoms. The van der Waals surface area contributed by atoms with Crippen molar-refractivity contribution in [3.63, 3.8) is 0 Å². The van der Waals surface area contributed by atoms with Crippen LogP contribution in [0, 0.1) is 0 Å². The van der Waals surface area contributed by atoms with Crippen LogP contribution in [0.15, 0.2) is 21.7 Å². The van der Waals surface area contributed by atoms with Crippen LogP contribution in [0.4, 0.5) is 0 Å². The molecule has 0 aromatic carbocycles. The van der Waals surface area contributed by atoms with Crippen molar-refractivity contribution in [1.29, 1.82) is 0 Å². The van der Waals surface area contributed by atoms with Crippen LogP contribution in [0.25, 0.3) is 0 Å². The Balaban J connectivity index is 2.19. The fraction of sp³-hybridized carbons (Fsp3) is 0.545. The van der Waals surface area contributed by atoms with Gasteiger partial charge in [-0.1, -0.05) is 24.4 Å². The summed E-state index contributed by atoms with van der Waals surface area (Å²) in [4.78, 5) is 0. The van der Waals surface area contributed by atoms with Crippen LogP contribution in [-0.2, 0) is 5.60 Å². The maximum absolute atomic E-state index is 10.3. The van der Waals surface area contributed by atoms with Gasteiger partial charge in [-0.15, -0.1) is 0 Å². The molecule has 0 bridgehead atoms. The van der Waals surface area contributed by atoms with E-state index in [0.717, 1.165) is 25.7 Å². The molecule has 1 aromatic rings. The normalized spacial score (nSPS) is 20.9. The highest BCUT2D eigenvalue weighted by molar-refractivity contribution is 5.75. The summed E-state index contributed by atoms with van der Waals surface area (Å²) < 4.78 is 5.41. The van der Waals surface area contributed by atoms with Crippen LogP contribution >= 0.6 is 0 Å². The molecule has 1 heterocycles. The summed E-state index contributed by atoms with van der Waals surface area (Å²) in [7, 11) is 0. The summed E-state index contributed by atoms with van der Waals surface area (Å²) in [5.74, 6) is 1.04. The molecule has 0 saturated heterocycles. The molecular formula is C11H15NO3. The van der Waals surface area contributed by atoms with E-state index < -0.39 is 5.60 Å². The molecule has 0 amide bonds. The molecule has 1 aliphatic rings. The lowest BCUT2D eigenvalue weighted by atomic mass is 9.83. The molecule has 0 radical (unpaired) electrons. The largest absolute Gasteiger partial charge is 0.457 e. The monoisotopic (exact) mass is 209 g/mol. The van der Waals surface area contributed by atoms with Crippen LogP contribution in [0.3, 0.4) is 0 Å². The van der Waals surface area contributed by atoms with Gasteiger partial charge in [0.1, 0.15) is 23.3 Å². The molecular weight excluding hydrogens is 194 g/mol. The van der Waals surface area contributed by atoms with Crippen molar-refractivity contribution in [1.82, 2.24) is 0 Å². The number of nitrogens with zero attached hydrogens (tertiary/aromatic N) is 1. The number of hydrogen-bond donors (Lipinski definition) is 2. The number of oxime groups is 1. The van der Waals surface area contributed by atoms with E-state index in [2.05, 4.69) is 5.16 Å². The number of aliphatic hydroxyl groups is 1. The third-order valence-corrected chi connectivity index (χ3v) is 2.95. The van der Waals surface area contributed by atoms with E-state index in [0.29, 0.717) is 11.5 Å². The molecule has 1 aliphatic carbocycles. The first-order valence-corrected chi connectivity index (χ1v) is 5.25. The number of rotatable bonds is 2. The number of furan rings is 1. The minimum atomic E-state index is -0.820. The molecule has 2 N–H and O–H groups in total. The third kappa shape index (κ3) is 2.04. The highest BCUT2D eigenvalue weighted by atomic mass is 16.4. The topological polar surface area (TPSA) is 66.0 Å². The van der Waals surface area contributed by atoms with E-state index >= 15 is 0 Å². The van der Waals surface area contributed by atoms with Gasteiger partial charge in [-0.3, -0.25) is 0 Å². The van der Waals surface area contributed by atoms with Gasteiger partial charge in [0.05, 0.1) is 0 Å². The number of hydrogen-bond acceptors (Lipinski definition) is 4. The SMILES string of the molecule is O/N=C/c1ccc(C2(O)CCCCC2)o1. The molecule has 82 valence electrons. The standard InChI is InChI=1S/C11H15NO3/c13-11(6-2-1-3-7-11)10-5-4-9(15-10)8-12-14/h4-5,8,13-14H,1-3,6-7H2/b12-8+. The Labute approximate surface area is 88.2 Å². The average Bonchev–Trinajstić information content (AvgIpc) is 2.69. The van der Waals surface area contributed by atoms with Crippen molar-refractivity contribution in [2.45, 2.75) is 37.7 Å². The summed E-state index contributed by atoms with van der Waals surface area (Å²) in [6, 6.07) is 3.45.